The van der Waals surface area contributed by atoms with Crippen LogP contribution in [0.15, 0.2) is 12.7 Å². The van der Waals surface area contributed by atoms with Crippen LogP contribution in [-0.2, 0) is 0 Å². The van der Waals surface area contributed by atoms with Crippen LogP contribution in [0, 0.1) is 0 Å². The summed E-state index contributed by atoms with van der Waals surface area (Å²) in [6.07, 6.45) is 19.8. The van der Waals surface area contributed by atoms with Gasteiger partial charge in [-0.3, -0.25) is 0 Å². The van der Waals surface area contributed by atoms with E-state index in [1.807, 2.05) is 6.08 Å². The normalized spacial score (nSPS) is 32.0. The van der Waals surface area contributed by atoms with Gasteiger partial charge in [0.15, 0.2) is 0 Å². The fourth-order valence-electron chi connectivity index (χ4n) is 4.04. The molecule has 0 amide bonds. The van der Waals surface area contributed by atoms with Crippen LogP contribution in [0.2, 0.25) is 0 Å². The fraction of sp³-hybridized carbons (Fsp3) is 0.895. The Morgan fingerprint density at radius 3 is 2.14 bits per heavy atom. The summed E-state index contributed by atoms with van der Waals surface area (Å²) in [6, 6.07) is 0. The van der Waals surface area contributed by atoms with Crippen molar-refractivity contribution in [2.45, 2.75) is 106 Å². The van der Waals surface area contributed by atoms with Crippen LogP contribution in [0.25, 0.3) is 0 Å². The average molecular weight is 311 g/mol. The molecule has 2 aliphatic heterocycles. The standard InChI is InChI=1S/C19H34OS/c1-2-3-4-5-6-7-8-9-10-14-19(20)15-17-12-11-13-18(16-19)21-17/h2,17-18,20H,1,3-16H2. The summed E-state index contributed by atoms with van der Waals surface area (Å²) in [6.45, 7) is 3.77. The monoisotopic (exact) mass is 310 g/mol. The van der Waals surface area contributed by atoms with E-state index in [9.17, 15) is 5.11 Å². The number of rotatable bonds is 10. The summed E-state index contributed by atoms with van der Waals surface area (Å²) in [5, 5.41) is 12.4. The molecule has 2 aliphatic rings. The minimum Gasteiger partial charge on any atom is -0.390 e. The number of allylic oxidation sites excluding steroid dienone is 1. The zero-order chi connectivity index (χ0) is 15.0. The van der Waals surface area contributed by atoms with Gasteiger partial charge in [0, 0.05) is 10.5 Å². The van der Waals surface area contributed by atoms with Crippen LogP contribution in [0.5, 0.6) is 0 Å². The highest BCUT2D eigenvalue weighted by molar-refractivity contribution is 8.00. The smallest absolute Gasteiger partial charge is 0.0668 e. The lowest BCUT2D eigenvalue weighted by Crippen LogP contribution is -2.42. The molecule has 2 fully saturated rings. The van der Waals surface area contributed by atoms with Gasteiger partial charge in [-0.2, -0.15) is 11.8 Å². The number of hydrogen-bond donors (Lipinski definition) is 1. The third-order valence-electron chi connectivity index (χ3n) is 5.20. The first-order valence-electron chi connectivity index (χ1n) is 9.21. The number of unbranched alkanes of at least 4 members (excludes halogenated alkanes) is 7. The molecule has 122 valence electrons. The molecule has 2 heterocycles. The maximum Gasteiger partial charge on any atom is 0.0668 e. The second-order valence-electron chi connectivity index (χ2n) is 7.25. The van der Waals surface area contributed by atoms with Gasteiger partial charge in [-0.05, 0) is 44.9 Å². The van der Waals surface area contributed by atoms with Crippen molar-refractivity contribution in [2.75, 3.05) is 0 Å². The Kier molecular flexibility index (Phi) is 7.66. The minimum atomic E-state index is -0.315. The van der Waals surface area contributed by atoms with Crippen molar-refractivity contribution in [1.82, 2.24) is 0 Å². The van der Waals surface area contributed by atoms with E-state index < -0.39 is 0 Å². The van der Waals surface area contributed by atoms with Gasteiger partial charge in [-0.25, -0.2) is 0 Å². The van der Waals surface area contributed by atoms with E-state index in [2.05, 4.69) is 18.3 Å². The molecule has 2 saturated heterocycles. The SMILES string of the molecule is C=CCCCCCCCCCC1(O)CC2CCCC(C1)S2. The topological polar surface area (TPSA) is 20.2 Å². The Morgan fingerprint density at radius 1 is 0.952 bits per heavy atom. The fourth-order valence-corrected chi connectivity index (χ4v) is 6.01. The summed E-state index contributed by atoms with van der Waals surface area (Å²) in [5.74, 6) is 0. The largest absolute Gasteiger partial charge is 0.390 e. The predicted molar refractivity (Wildman–Crippen MR) is 95.0 cm³/mol. The van der Waals surface area contributed by atoms with Gasteiger partial charge in [0.2, 0.25) is 0 Å². The third-order valence-corrected chi connectivity index (χ3v) is 6.78. The Balaban J connectivity index is 1.51. The number of hydrogen-bond acceptors (Lipinski definition) is 2. The van der Waals surface area contributed by atoms with Crippen LogP contribution >= 0.6 is 11.8 Å². The maximum atomic E-state index is 10.9. The van der Waals surface area contributed by atoms with Gasteiger partial charge in [0.1, 0.15) is 0 Å². The Bertz CT molecular complexity index is 290. The first-order valence-corrected chi connectivity index (χ1v) is 10.1. The highest BCUT2D eigenvalue weighted by Gasteiger charge is 2.40. The van der Waals surface area contributed by atoms with Crippen molar-refractivity contribution in [3.05, 3.63) is 12.7 Å². The first-order chi connectivity index (χ1) is 10.2. The molecular weight excluding hydrogens is 276 g/mol. The molecule has 0 aromatic rings. The lowest BCUT2D eigenvalue weighted by Gasteiger charge is -2.44. The molecule has 2 unspecified atom stereocenters. The molecule has 21 heavy (non-hydrogen) atoms. The van der Waals surface area contributed by atoms with Crippen molar-refractivity contribution < 1.29 is 5.11 Å². The second kappa shape index (κ2) is 9.25. The van der Waals surface area contributed by atoms with Crippen LogP contribution in [-0.4, -0.2) is 21.2 Å². The first kappa shape index (κ1) is 17.4. The van der Waals surface area contributed by atoms with Crippen molar-refractivity contribution in [3.8, 4) is 0 Å². The van der Waals surface area contributed by atoms with E-state index in [-0.39, 0.29) is 5.60 Å². The summed E-state index contributed by atoms with van der Waals surface area (Å²) >= 11 is 2.17. The van der Waals surface area contributed by atoms with Crippen molar-refractivity contribution >= 4 is 11.8 Å². The van der Waals surface area contributed by atoms with Gasteiger partial charge in [0.25, 0.3) is 0 Å². The summed E-state index contributed by atoms with van der Waals surface area (Å²) < 4.78 is 0. The third kappa shape index (κ3) is 6.36. The molecule has 1 nitrogen and oxygen atoms in total. The molecule has 2 atom stereocenters. The van der Waals surface area contributed by atoms with Crippen LogP contribution in [0.1, 0.15) is 89.9 Å². The van der Waals surface area contributed by atoms with E-state index in [0.29, 0.717) is 0 Å². The zero-order valence-electron chi connectivity index (χ0n) is 13.7. The van der Waals surface area contributed by atoms with E-state index in [1.165, 1.54) is 70.6 Å². The van der Waals surface area contributed by atoms with E-state index in [1.54, 1.807) is 0 Å². The van der Waals surface area contributed by atoms with E-state index in [0.717, 1.165) is 29.8 Å². The molecule has 0 aliphatic carbocycles. The summed E-state index contributed by atoms with van der Waals surface area (Å²) in [7, 11) is 0. The molecule has 0 radical (unpaired) electrons. The Hall–Kier alpha value is 0.0500. The van der Waals surface area contributed by atoms with Gasteiger partial charge < -0.3 is 5.11 Å². The Labute approximate surface area is 136 Å². The molecule has 0 spiro atoms. The number of fused-ring (bicyclic) bond motifs is 2. The summed E-state index contributed by atoms with van der Waals surface area (Å²) in [4.78, 5) is 0. The molecule has 0 aromatic carbocycles. The molecule has 2 rings (SSSR count). The highest BCUT2D eigenvalue weighted by Crippen LogP contribution is 2.47. The molecular formula is C19H34OS. The van der Waals surface area contributed by atoms with Crippen molar-refractivity contribution in [3.63, 3.8) is 0 Å². The molecule has 1 N–H and O–H groups in total. The quantitative estimate of drug-likeness (QED) is 0.402. The van der Waals surface area contributed by atoms with Gasteiger partial charge in [-0.1, -0.05) is 51.0 Å². The lowest BCUT2D eigenvalue weighted by molar-refractivity contribution is 0.00235. The predicted octanol–water partition coefficient (Wildman–Crippen LogP) is 5.86. The van der Waals surface area contributed by atoms with Crippen molar-refractivity contribution in [2.24, 2.45) is 0 Å². The Morgan fingerprint density at radius 2 is 1.52 bits per heavy atom. The van der Waals surface area contributed by atoms with Crippen molar-refractivity contribution in [1.29, 1.82) is 0 Å². The van der Waals surface area contributed by atoms with Gasteiger partial charge in [-0.15, -0.1) is 6.58 Å². The molecule has 0 saturated carbocycles. The maximum absolute atomic E-state index is 10.9. The lowest BCUT2D eigenvalue weighted by atomic mass is 9.82. The van der Waals surface area contributed by atoms with Gasteiger partial charge >= 0.3 is 0 Å². The molecule has 2 bridgehead atoms. The van der Waals surface area contributed by atoms with E-state index in [4.69, 9.17) is 0 Å². The second-order valence-corrected chi connectivity index (χ2v) is 8.85. The van der Waals surface area contributed by atoms with Crippen LogP contribution in [0.3, 0.4) is 0 Å². The molecule has 0 aromatic heterocycles. The van der Waals surface area contributed by atoms with E-state index >= 15 is 0 Å². The summed E-state index contributed by atoms with van der Waals surface area (Å²) in [5.41, 5.74) is -0.315. The molecule has 2 heteroatoms. The number of thioether (sulfide) groups is 1. The highest BCUT2D eigenvalue weighted by atomic mass is 32.2. The average Bonchev–Trinajstić information content (AvgIpc) is 2.45. The number of aliphatic hydroxyl groups is 1. The van der Waals surface area contributed by atoms with Gasteiger partial charge in [0.05, 0.1) is 5.60 Å². The van der Waals surface area contributed by atoms with Crippen LogP contribution in [0.4, 0.5) is 0 Å². The minimum absolute atomic E-state index is 0.315. The zero-order valence-corrected chi connectivity index (χ0v) is 14.5. The van der Waals surface area contributed by atoms with Crippen LogP contribution < -0.4 is 0 Å².